The van der Waals surface area contributed by atoms with Crippen molar-refractivity contribution in [2.24, 2.45) is 0 Å². The molecule has 1 aromatic rings. The molecule has 0 radical (unpaired) electrons. The third-order valence-electron chi connectivity index (χ3n) is 1.36. The van der Waals surface area contributed by atoms with Crippen LogP contribution in [0.1, 0.15) is 5.56 Å². The zero-order valence-corrected chi connectivity index (χ0v) is 9.98. The molecule has 0 aromatic heterocycles. The van der Waals surface area contributed by atoms with Gasteiger partial charge in [0.2, 0.25) is 0 Å². The fourth-order valence-electron chi connectivity index (χ4n) is 0.781. The number of rotatable bonds is 0. The number of hydrogen-bond donors (Lipinski definition) is 0. The van der Waals surface area contributed by atoms with Gasteiger partial charge in [0.25, 0.3) is 0 Å². The van der Waals surface area contributed by atoms with E-state index in [4.69, 9.17) is 0 Å². The van der Waals surface area contributed by atoms with Crippen molar-refractivity contribution in [3.05, 3.63) is 35.9 Å². The summed E-state index contributed by atoms with van der Waals surface area (Å²) in [6.07, 6.45) is 0. The fraction of sp³-hybridized carbons (Fsp3) is 0.273. The molecule has 0 bridgehead atoms. The molecule has 0 nitrogen and oxygen atoms in total. The van der Waals surface area contributed by atoms with Gasteiger partial charge in [0.1, 0.15) is 0 Å². The molecular formula is C11H14Ge. The van der Waals surface area contributed by atoms with Crippen molar-refractivity contribution in [3.63, 3.8) is 0 Å². The van der Waals surface area contributed by atoms with Gasteiger partial charge in [-0.1, -0.05) is 0 Å². The zero-order chi connectivity index (χ0) is 9.03. The molecule has 0 atom stereocenters. The van der Waals surface area contributed by atoms with E-state index in [-0.39, 0.29) is 0 Å². The van der Waals surface area contributed by atoms with Crippen molar-refractivity contribution in [1.29, 1.82) is 0 Å². The van der Waals surface area contributed by atoms with Crippen molar-refractivity contribution < 1.29 is 0 Å². The Morgan fingerprint density at radius 3 is 2.08 bits per heavy atom. The Morgan fingerprint density at radius 2 is 1.58 bits per heavy atom. The van der Waals surface area contributed by atoms with Gasteiger partial charge in [-0.3, -0.25) is 0 Å². The zero-order valence-electron chi connectivity index (χ0n) is 7.89. The topological polar surface area (TPSA) is 0 Å². The van der Waals surface area contributed by atoms with E-state index in [0.717, 1.165) is 5.56 Å². The van der Waals surface area contributed by atoms with Crippen LogP contribution in [0.15, 0.2) is 30.3 Å². The van der Waals surface area contributed by atoms with E-state index in [1.165, 1.54) is 0 Å². The summed E-state index contributed by atoms with van der Waals surface area (Å²) in [6.45, 7) is 0. The number of hydrogen-bond acceptors (Lipinski definition) is 0. The van der Waals surface area contributed by atoms with Crippen LogP contribution in [-0.2, 0) is 0 Å². The van der Waals surface area contributed by atoms with Crippen molar-refractivity contribution in [2.45, 2.75) is 17.3 Å². The number of benzene rings is 1. The molecule has 12 heavy (non-hydrogen) atoms. The third kappa shape index (κ3) is 3.64. The van der Waals surface area contributed by atoms with Crippen LogP contribution < -0.4 is 0 Å². The predicted octanol–water partition coefficient (Wildman–Crippen LogP) is 2.92. The van der Waals surface area contributed by atoms with Gasteiger partial charge in [-0.25, -0.2) is 0 Å². The molecule has 0 aliphatic heterocycles. The van der Waals surface area contributed by atoms with E-state index in [9.17, 15) is 0 Å². The van der Waals surface area contributed by atoms with Crippen molar-refractivity contribution in [1.82, 2.24) is 0 Å². The van der Waals surface area contributed by atoms with Gasteiger partial charge in [-0.05, 0) is 0 Å². The summed E-state index contributed by atoms with van der Waals surface area (Å²) < 4.78 is 3.38. The van der Waals surface area contributed by atoms with Gasteiger partial charge in [0, 0.05) is 0 Å². The molecule has 0 aliphatic rings. The van der Waals surface area contributed by atoms with Gasteiger partial charge in [0.05, 0.1) is 0 Å². The summed E-state index contributed by atoms with van der Waals surface area (Å²) >= 11 is -1.65. The second-order valence-corrected chi connectivity index (χ2v) is 13.8. The molecule has 0 saturated heterocycles. The minimum absolute atomic E-state index is 1.14. The molecular weight excluding hydrogens is 205 g/mol. The van der Waals surface area contributed by atoms with Gasteiger partial charge in [-0.15, -0.1) is 0 Å². The van der Waals surface area contributed by atoms with E-state index in [1.54, 1.807) is 0 Å². The average Bonchev–Trinajstić information content (AvgIpc) is 2.02. The van der Waals surface area contributed by atoms with Crippen LogP contribution in [0, 0.1) is 10.7 Å². The summed E-state index contributed by atoms with van der Waals surface area (Å²) in [5, 5.41) is 0. The first-order valence-electron chi connectivity index (χ1n) is 4.16. The van der Waals surface area contributed by atoms with Crippen LogP contribution in [0.3, 0.4) is 0 Å². The average molecular weight is 219 g/mol. The molecule has 62 valence electrons. The maximum absolute atomic E-state index is 3.38. The second-order valence-electron chi connectivity index (χ2n) is 3.87. The Labute approximate surface area is 77.4 Å². The molecule has 0 unspecified atom stereocenters. The molecule has 1 heteroatoms. The van der Waals surface area contributed by atoms with Crippen molar-refractivity contribution in [3.8, 4) is 10.7 Å². The Kier molecular flexibility index (Phi) is 3.00. The predicted molar refractivity (Wildman–Crippen MR) is 56.7 cm³/mol. The first kappa shape index (κ1) is 9.41. The Bertz CT molecular complexity index is 295. The van der Waals surface area contributed by atoms with Crippen LogP contribution in [0.25, 0.3) is 0 Å². The molecule has 0 spiro atoms. The van der Waals surface area contributed by atoms with E-state index in [0.29, 0.717) is 0 Å². The van der Waals surface area contributed by atoms with Gasteiger partial charge in [0.15, 0.2) is 0 Å². The standard InChI is InChI=1S/C11H14Ge/c1-12(2,3)10-9-11-7-5-4-6-8-11/h4-8H,1-3H3. The fourth-order valence-corrected chi connectivity index (χ4v) is 1.87. The molecule has 1 rings (SSSR count). The Morgan fingerprint density at radius 1 is 1.00 bits per heavy atom. The Hall–Kier alpha value is -0.677. The molecule has 0 fully saturated rings. The van der Waals surface area contributed by atoms with Crippen LogP contribution in [0.2, 0.25) is 17.3 Å². The van der Waals surface area contributed by atoms with Crippen molar-refractivity contribution >= 4 is 13.3 Å². The van der Waals surface area contributed by atoms with Crippen LogP contribution in [-0.4, -0.2) is 13.3 Å². The van der Waals surface area contributed by atoms with E-state index >= 15 is 0 Å². The maximum atomic E-state index is 3.38. The quantitative estimate of drug-likeness (QED) is 0.464. The van der Waals surface area contributed by atoms with Gasteiger partial charge < -0.3 is 0 Å². The third-order valence-corrected chi connectivity index (χ3v) is 3.19. The van der Waals surface area contributed by atoms with Crippen molar-refractivity contribution in [2.75, 3.05) is 0 Å². The van der Waals surface area contributed by atoms with Crippen LogP contribution in [0.4, 0.5) is 0 Å². The summed E-state index contributed by atoms with van der Waals surface area (Å²) in [7, 11) is 0. The van der Waals surface area contributed by atoms with Gasteiger partial charge in [-0.2, -0.15) is 0 Å². The molecule has 0 N–H and O–H groups in total. The molecule has 0 heterocycles. The summed E-state index contributed by atoms with van der Waals surface area (Å²) in [5.41, 5.74) is 1.14. The van der Waals surface area contributed by atoms with Gasteiger partial charge >= 0.3 is 77.1 Å². The SMILES string of the molecule is [CH3][Ge]([CH3])([CH3])[C]#Cc1ccccc1. The summed E-state index contributed by atoms with van der Waals surface area (Å²) in [5.74, 6) is 10.1. The van der Waals surface area contributed by atoms with E-state index < -0.39 is 13.3 Å². The molecule has 0 saturated carbocycles. The summed E-state index contributed by atoms with van der Waals surface area (Å²) in [4.78, 5) is 0. The van der Waals surface area contributed by atoms with Crippen LogP contribution >= 0.6 is 0 Å². The summed E-state index contributed by atoms with van der Waals surface area (Å²) in [6, 6.07) is 10.2. The first-order valence-corrected chi connectivity index (χ1v) is 11.5. The first-order chi connectivity index (χ1) is 5.58. The monoisotopic (exact) mass is 220 g/mol. The molecule has 0 amide bonds. The normalized spacial score (nSPS) is 10.2. The molecule has 0 aliphatic carbocycles. The van der Waals surface area contributed by atoms with Crippen LogP contribution in [0.5, 0.6) is 0 Å². The molecule has 1 aromatic carbocycles. The second kappa shape index (κ2) is 3.82. The van der Waals surface area contributed by atoms with E-state index in [1.807, 2.05) is 18.2 Å². The minimum atomic E-state index is -1.65. The Balaban J connectivity index is 2.81. The van der Waals surface area contributed by atoms with E-state index in [2.05, 4.69) is 40.1 Å².